The number of aliphatic hydroxyl groups excluding tert-OH is 1. The van der Waals surface area contributed by atoms with Crippen molar-refractivity contribution in [2.45, 2.75) is 34.1 Å². The number of aliphatic hydroxyl groups is 1. The lowest BCUT2D eigenvalue weighted by Gasteiger charge is -2.26. The van der Waals surface area contributed by atoms with Crippen LogP contribution in [-0.2, 0) is 11.2 Å². The van der Waals surface area contributed by atoms with Crippen molar-refractivity contribution < 1.29 is 23.4 Å². The second-order valence-corrected chi connectivity index (χ2v) is 11.0. The molecule has 2 aromatic carbocycles. The number of rotatable bonds is 14. The van der Waals surface area contributed by atoms with Crippen molar-refractivity contribution in [3.8, 4) is 11.5 Å². The summed E-state index contributed by atoms with van der Waals surface area (Å²) in [6.45, 7) is 10.9. The molecule has 1 unspecified atom stereocenters. The zero-order valence-electron chi connectivity index (χ0n) is 26.1. The summed E-state index contributed by atoms with van der Waals surface area (Å²) in [7, 11) is 0. The molecule has 1 atom stereocenters. The summed E-state index contributed by atoms with van der Waals surface area (Å²) in [5.41, 5.74) is 8.20. The van der Waals surface area contributed by atoms with Crippen LogP contribution in [0.3, 0.4) is 0 Å². The van der Waals surface area contributed by atoms with Crippen LogP contribution in [0.4, 0.5) is 14.5 Å². The molecule has 1 aliphatic heterocycles. The molecule has 0 spiro atoms. The summed E-state index contributed by atoms with van der Waals surface area (Å²) >= 11 is 1.52. The van der Waals surface area contributed by atoms with Gasteiger partial charge in [-0.15, -0.1) is 0 Å². The van der Waals surface area contributed by atoms with E-state index in [1.54, 1.807) is 25.1 Å². The van der Waals surface area contributed by atoms with Gasteiger partial charge in [0.05, 0.1) is 13.2 Å². The molecule has 1 aliphatic rings. The zero-order chi connectivity index (χ0) is 32.8. The number of hydrogen-bond acceptors (Lipinski definition) is 9. The number of halogens is 2. The van der Waals surface area contributed by atoms with E-state index in [0.29, 0.717) is 31.7 Å². The van der Waals surface area contributed by atoms with Crippen LogP contribution in [0.15, 0.2) is 88.9 Å². The Balaban J connectivity index is 1.74. The molecule has 12 heteroatoms. The fourth-order valence-electron chi connectivity index (χ4n) is 4.40. The Morgan fingerprint density at radius 2 is 2.00 bits per heavy atom. The van der Waals surface area contributed by atoms with Crippen molar-refractivity contribution in [2.75, 3.05) is 37.9 Å². The third-order valence-electron chi connectivity index (χ3n) is 6.60. The first-order valence-electron chi connectivity index (χ1n) is 14.7. The fourth-order valence-corrected chi connectivity index (χ4v) is 5.20. The van der Waals surface area contributed by atoms with Crippen molar-refractivity contribution in [3.05, 3.63) is 101 Å². The number of benzene rings is 2. The van der Waals surface area contributed by atoms with E-state index < -0.39 is 11.6 Å². The Kier molecular flexibility index (Phi) is 14.3. The SMILES string of the molecule is C/C=N\N(C(=N)C=C(O)/C=C/C(C)/C=C(C)\C(=C/CN)NSN1CCOCC1)c1c(F)cc(Oc2ccccc2F)cc1CC. The van der Waals surface area contributed by atoms with E-state index in [0.717, 1.165) is 35.4 Å². The summed E-state index contributed by atoms with van der Waals surface area (Å²) in [5, 5.41) is 24.5. The molecule has 2 aromatic rings. The van der Waals surface area contributed by atoms with Crippen LogP contribution in [0.1, 0.15) is 33.3 Å². The van der Waals surface area contributed by atoms with Crippen molar-refractivity contribution >= 4 is 29.9 Å². The lowest BCUT2D eigenvalue weighted by atomic mass is 10.1. The highest BCUT2D eigenvalue weighted by atomic mass is 32.2. The van der Waals surface area contributed by atoms with Crippen LogP contribution in [0, 0.1) is 23.0 Å². The highest BCUT2D eigenvalue weighted by Crippen LogP contribution is 2.33. The number of anilines is 1. The van der Waals surface area contributed by atoms with Gasteiger partial charge in [0.15, 0.2) is 17.4 Å². The molecule has 1 heterocycles. The van der Waals surface area contributed by atoms with Gasteiger partial charge in [0.25, 0.3) is 0 Å². The number of allylic oxidation sites excluding steroid dienone is 4. The van der Waals surface area contributed by atoms with E-state index in [4.69, 9.17) is 20.6 Å². The molecule has 0 amide bonds. The van der Waals surface area contributed by atoms with Gasteiger partial charge in [0, 0.05) is 55.8 Å². The molecule has 45 heavy (non-hydrogen) atoms. The van der Waals surface area contributed by atoms with Crippen LogP contribution in [0.25, 0.3) is 0 Å². The minimum Gasteiger partial charge on any atom is -0.508 e. The van der Waals surface area contributed by atoms with Gasteiger partial charge < -0.3 is 25.0 Å². The van der Waals surface area contributed by atoms with Crippen LogP contribution >= 0.6 is 12.1 Å². The molecule has 0 bridgehead atoms. The first kappa shape index (κ1) is 35.5. The number of nitrogens with two attached hydrogens (primary N) is 1. The molecule has 0 saturated carbocycles. The number of aryl methyl sites for hydroxylation is 1. The standard InChI is InChI=1S/C33H42F2N6O3S/c1-5-25-20-27(44-31-10-8-7-9-28(31)34)22-29(35)33(25)41(38-6-2)32(37)21-26(42)12-11-23(3)19-24(4)30(13-14-36)39-45-40-15-17-43-18-16-40/h6-13,19-23,37,39,42H,5,14-18,36H2,1-4H3/b12-11+,24-19-,26-21?,30-13+,37-32?,38-6-. The third kappa shape index (κ3) is 10.9. The lowest BCUT2D eigenvalue weighted by Crippen LogP contribution is -2.33. The molecule has 0 radical (unpaired) electrons. The van der Waals surface area contributed by atoms with Gasteiger partial charge in [-0.1, -0.05) is 38.1 Å². The molecular formula is C33H42F2N6O3S. The summed E-state index contributed by atoms with van der Waals surface area (Å²) in [6.07, 6.45) is 10.2. The Hall–Kier alpha value is -3.97. The smallest absolute Gasteiger partial charge is 0.165 e. The summed E-state index contributed by atoms with van der Waals surface area (Å²) in [5.74, 6) is -1.73. The van der Waals surface area contributed by atoms with E-state index in [-0.39, 0.29) is 34.7 Å². The quantitative estimate of drug-likeness (QED) is 0.0435. The number of amidine groups is 1. The first-order valence-corrected chi connectivity index (χ1v) is 15.5. The Bertz CT molecular complexity index is 1450. The van der Waals surface area contributed by atoms with Gasteiger partial charge in [-0.3, -0.25) is 5.41 Å². The van der Waals surface area contributed by atoms with Gasteiger partial charge in [-0.2, -0.15) is 5.10 Å². The van der Waals surface area contributed by atoms with Gasteiger partial charge in [0.1, 0.15) is 23.0 Å². The predicted molar refractivity (Wildman–Crippen MR) is 180 cm³/mol. The molecule has 3 rings (SSSR count). The minimum absolute atomic E-state index is 0.0307. The van der Waals surface area contributed by atoms with Gasteiger partial charge in [-0.05, 0) is 67.7 Å². The highest BCUT2D eigenvalue weighted by Gasteiger charge is 2.21. The van der Waals surface area contributed by atoms with E-state index in [2.05, 4.69) is 14.1 Å². The number of ether oxygens (including phenoxy) is 2. The Morgan fingerprint density at radius 1 is 1.27 bits per heavy atom. The summed E-state index contributed by atoms with van der Waals surface area (Å²) in [4.78, 5) is 0. The lowest BCUT2D eigenvalue weighted by molar-refractivity contribution is 0.0771. The Labute approximate surface area is 268 Å². The van der Waals surface area contributed by atoms with E-state index >= 15 is 4.39 Å². The number of morpholine rings is 1. The van der Waals surface area contributed by atoms with Crippen LogP contribution in [0.2, 0.25) is 0 Å². The molecule has 1 saturated heterocycles. The molecule has 0 aliphatic carbocycles. The number of nitrogens with zero attached hydrogens (tertiary/aromatic N) is 3. The van der Waals surface area contributed by atoms with Crippen molar-refractivity contribution in [2.24, 2.45) is 16.8 Å². The zero-order valence-corrected chi connectivity index (χ0v) is 26.9. The summed E-state index contributed by atoms with van der Waals surface area (Å²) < 4.78 is 46.2. The molecule has 242 valence electrons. The normalized spacial score (nSPS) is 15.9. The average Bonchev–Trinajstić information content (AvgIpc) is 3.02. The Morgan fingerprint density at radius 3 is 2.67 bits per heavy atom. The van der Waals surface area contributed by atoms with E-state index in [1.165, 1.54) is 48.7 Å². The molecule has 0 aromatic heterocycles. The second kappa shape index (κ2) is 18.1. The highest BCUT2D eigenvalue weighted by molar-refractivity contribution is 7.95. The van der Waals surface area contributed by atoms with E-state index in [9.17, 15) is 9.50 Å². The number of hydrazone groups is 1. The van der Waals surface area contributed by atoms with Gasteiger partial charge in [0.2, 0.25) is 0 Å². The maximum atomic E-state index is 15.5. The van der Waals surface area contributed by atoms with Gasteiger partial charge >= 0.3 is 0 Å². The van der Waals surface area contributed by atoms with Crippen molar-refractivity contribution in [1.29, 1.82) is 5.41 Å². The summed E-state index contributed by atoms with van der Waals surface area (Å²) in [6, 6.07) is 8.56. The molecule has 1 fully saturated rings. The van der Waals surface area contributed by atoms with Gasteiger partial charge in [-0.25, -0.2) is 18.1 Å². The minimum atomic E-state index is -0.713. The number of para-hydroxylation sites is 1. The fraction of sp³-hybridized carbons (Fsp3) is 0.333. The van der Waals surface area contributed by atoms with Crippen LogP contribution < -0.4 is 20.2 Å². The predicted octanol–water partition coefficient (Wildman–Crippen LogP) is 7.02. The number of nitrogens with one attached hydrogen (secondary N) is 2. The van der Waals surface area contributed by atoms with Crippen LogP contribution in [-0.4, -0.2) is 54.3 Å². The van der Waals surface area contributed by atoms with Crippen molar-refractivity contribution in [1.82, 2.24) is 9.03 Å². The molecule has 5 N–H and O–H groups in total. The molecule has 9 nitrogen and oxygen atoms in total. The van der Waals surface area contributed by atoms with Crippen LogP contribution in [0.5, 0.6) is 11.5 Å². The average molecular weight is 641 g/mol. The molecular weight excluding hydrogens is 598 g/mol. The topological polar surface area (TPSA) is 119 Å². The maximum Gasteiger partial charge on any atom is 0.165 e. The largest absolute Gasteiger partial charge is 0.508 e. The van der Waals surface area contributed by atoms with Crippen molar-refractivity contribution in [3.63, 3.8) is 0 Å². The number of hydrogen-bond donors (Lipinski definition) is 4. The third-order valence-corrected chi connectivity index (χ3v) is 7.54. The first-order chi connectivity index (χ1) is 21.7. The maximum absolute atomic E-state index is 15.5. The monoisotopic (exact) mass is 640 g/mol. The second-order valence-electron chi connectivity index (χ2n) is 10.1. The van der Waals surface area contributed by atoms with E-state index in [1.807, 2.05) is 32.9 Å².